The number of benzene rings is 2. The number of hydrogen-bond donors (Lipinski definition) is 1. The van der Waals surface area contributed by atoms with Gasteiger partial charge < -0.3 is 10.1 Å². The molecule has 0 aliphatic heterocycles. The zero-order valence-corrected chi connectivity index (χ0v) is 19.6. The van der Waals surface area contributed by atoms with E-state index in [1.54, 1.807) is 37.5 Å². The molecule has 2 aromatic carbocycles. The molecule has 2 rings (SSSR count). The highest BCUT2D eigenvalue weighted by Crippen LogP contribution is 2.24. The second kappa shape index (κ2) is 11.1. The number of nitrogens with zero attached hydrogens (tertiary/aromatic N) is 1. The number of amides is 1. The van der Waals surface area contributed by atoms with Crippen LogP contribution in [0.15, 0.2) is 59.5 Å². The highest BCUT2D eigenvalue weighted by atomic mass is 32.2. The zero-order valence-electron chi connectivity index (χ0n) is 18.8. The van der Waals surface area contributed by atoms with Crippen LogP contribution in [0.2, 0.25) is 0 Å². The Balaban J connectivity index is 2.09. The van der Waals surface area contributed by atoms with E-state index in [9.17, 15) is 13.2 Å². The van der Waals surface area contributed by atoms with Crippen LogP contribution in [0, 0.1) is 5.92 Å². The van der Waals surface area contributed by atoms with Crippen molar-refractivity contribution in [2.24, 2.45) is 5.92 Å². The maximum Gasteiger partial charge on any atom is 0.244 e. The Morgan fingerprint density at radius 1 is 1.03 bits per heavy atom. The number of ether oxygens (including phenoxy) is 1. The smallest absolute Gasteiger partial charge is 0.244 e. The number of nitrogens with one attached hydrogen (secondary N) is 1. The van der Waals surface area contributed by atoms with Crippen molar-refractivity contribution in [2.75, 3.05) is 20.2 Å². The lowest BCUT2D eigenvalue weighted by Gasteiger charge is -2.22. The molecule has 0 bridgehead atoms. The summed E-state index contributed by atoms with van der Waals surface area (Å²) >= 11 is 0. The van der Waals surface area contributed by atoms with Gasteiger partial charge in [0, 0.05) is 19.2 Å². The quantitative estimate of drug-likeness (QED) is 0.556. The van der Waals surface area contributed by atoms with Crippen molar-refractivity contribution < 1.29 is 17.9 Å². The number of carbonyl (C=O) groups excluding carboxylic acids is 1. The van der Waals surface area contributed by atoms with Gasteiger partial charge in [-0.1, -0.05) is 52.0 Å². The summed E-state index contributed by atoms with van der Waals surface area (Å²) in [6, 6.07) is 14.0. The van der Waals surface area contributed by atoms with Crippen LogP contribution < -0.4 is 10.1 Å². The molecule has 7 heteroatoms. The molecular weight excluding hydrogens is 412 g/mol. The minimum absolute atomic E-state index is 0.135. The van der Waals surface area contributed by atoms with Crippen LogP contribution in [0.25, 0.3) is 6.08 Å². The molecular formula is C24H32N2O4S. The summed E-state index contributed by atoms with van der Waals surface area (Å²) in [6.45, 7) is 8.57. The van der Waals surface area contributed by atoms with Gasteiger partial charge in [0.2, 0.25) is 15.9 Å². The van der Waals surface area contributed by atoms with Crippen molar-refractivity contribution >= 4 is 22.0 Å². The zero-order chi connectivity index (χ0) is 23.0. The highest BCUT2D eigenvalue weighted by molar-refractivity contribution is 7.89. The summed E-state index contributed by atoms with van der Waals surface area (Å²) < 4.78 is 31.7. The molecule has 1 amide bonds. The van der Waals surface area contributed by atoms with E-state index in [2.05, 4.69) is 5.32 Å². The Bertz CT molecular complexity index is 977. The first-order chi connectivity index (χ1) is 14.7. The van der Waals surface area contributed by atoms with Crippen molar-refractivity contribution in [1.29, 1.82) is 0 Å². The maximum absolute atomic E-state index is 12.6. The number of carbonyl (C=O) groups is 1. The van der Waals surface area contributed by atoms with Gasteiger partial charge in [0.1, 0.15) is 5.75 Å². The second-order valence-electron chi connectivity index (χ2n) is 7.50. The normalized spacial score (nSPS) is 13.0. The van der Waals surface area contributed by atoms with Crippen LogP contribution in [-0.2, 0) is 14.8 Å². The molecule has 31 heavy (non-hydrogen) atoms. The summed E-state index contributed by atoms with van der Waals surface area (Å²) in [5.74, 6) is 0.758. The van der Waals surface area contributed by atoms with Crippen LogP contribution >= 0.6 is 0 Å². The van der Waals surface area contributed by atoms with E-state index in [1.807, 2.05) is 52.0 Å². The number of sulfonamides is 1. The molecule has 0 heterocycles. The average Bonchev–Trinajstić information content (AvgIpc) is 2.77. The van der Waals surface area contributed by atoms with E-state index < -0.39 is 10.0 Å². The first-order valence-electron chi connectivity index (χ1n) is 10.5. The standard InChI is InChI=1S/C24H32N2O4S/c1-6-26(7-2)31(28,29)22-15-8-19(9-16-22)10-17-23(27)25-24(18(3)4)20-11-13-21(30-5)14-12-20/h8-18,24H,6-7H2,1-5H3,(H,25,27)/b17-10+. The van der Waals surface area contributed by atoms with E-state index in [-0.39, 0.29) is 22.8 Å². The van der Waals surface area contributed by atoms with Crippen molar-refractivity contribution in [1.82, 2.24) is 9.62 Å². The van der Waals surface area contributed by atoms with Crippen molar-refractivity contribution in [3.8, 4) is 5.75 Å². The van der Waals surface area contributed by atoms with Gasteiger partial charge in [-0.05, 0) is 47.4 Å². The Hall–Kier alpha value is -2.64. The molecule has 1 N–H and O–H groups in total. The third-order valence-corrected chi connectivity index (χ3v) is 7.15. The molecule has 2 aromatic rings. The third-order valence-electron chi connectivity index (χ3n) is 5.09. The Labute approximate surface area is 186 Å². The summed E-state index contributed by atoms with van der Waals surface area (Å²) in [7, 11) is -1.87. The van der Waals surface area contributed by atoms with E-state index in [1.165, 1.54) is 10.4 Å². The summed E-state index contributed by atoms with van der Waals surface area (Å²) in [4.78, 5) is 12.7. The van der Waals surface area contributed by atoms with E-state index in [0.717, 1.165) is 16.9 Å². The number of rotatable bonds is 10. The molecule has 1 atom stereocenters. The topological polar surface area (TPSA) is 75.7 Å². The average molecular weight is 445 g/mol. The van der Waals surface area contributed by atoms with Gasteiger partial charge in [0.25, 0.3) is 0 Å². The van der Waals surface area contributed by atoms with Crippen LogP contribution in [-0.4, -0.2) is 38.8 Å². The monoisotopic (exact) mass is 444 g/mol. The van der Waals surface area contributed by atoms with Crippen LogP contribution in [0.1, 0.15) is 44.9 Å². The van der Waals surface area contributed by atoms with Gasteiger partial charge in [-0.15, -0.1) is 0 Å². The van der Waals surface area contributed by atoms with Crippen LogP contribution in [0.4, 0.5) is 0 Å². The second-order valence-corrected chi connectivity index (χ2v) is 9.43. The van der Waals surface area contributed by atoms with Crippen molar-refractivity contribution in [3.63, 3.8) is 0 Å². The highest BCUT2D eigenvalue weighted by Gasteiger charge is 2.21. The SMILES string of the molecule is CCN(CC)S(=O)(=O)c1ccc(/C=C/C(=O)NC(c2ccc(OC)cc2)C(C)C)cc1. The van der Waals surface area contributed by atoms with Gasteiger partial charge >= 0.3 is 0 Å². The molecule has 6 nitrogen and oxygen atoms in total. The van der Waals surface area contributed by atoms with Crippen molar-refractivity contribution in [3.05, 3.63) is 65.7 Å². The molecule has 1 unspecified atom stereocenters. The largest absolute Gasteiger partial charge is 0.497 e. The Morgan fingerprint density at radius 3 is 2.10 bits per heavy atom. The summed E-state index contributed by atoms with van der Waals surface area (Å²) in [6.07, 6.45) is 3.14. The first-order valence-corrected chi connectivity index (χ1v) is 11.9. The van der Waals surface area contributed by atoms with E-state index >= 15 is 0 Å². The predicted octanol–water partition coefficient (Wildman–Crippen LogP) is 4.25. The fraction of sp³-hybridized carbons (Fsp3) is 0.375. The predicted molar refractivity (Wildman–Crippen MR) is 124 cm³/mol. The van der Waals surface area contributed by atoms with E-state index in [4.69, 9.17) is 4.74 Å². The summed E-state index contributed by atoms with van der Waals surface area (Å²) in [5, 5.41) is 3.04. The lowest BCUT2D eigenvalue weighted by atomic mass is 9.96. The van der Waals surface area contributed by atoms with Crippen molar-refractivity contribution in [2.45, 2.75) is 38.6 Å². The first kappa shape index (κ1) is 24.6. The Morgan fingerprint density at radius 2 is 1.61 bits per heavy atom. The maximum atomic E-state index is 12.6. The summed E-state index contributed by atoms with van der Waals surface area (Å²) in [5.41, 5.74) is 1.75. The lowest BCUT2D eigenvalue weighted by molar-refractivity contribution is -0.117. The lowest BCUT2D eigenvalue weighted by Crippen LogP contribution is -2.30. The van der Waals surface area contributed by atoms with Crippen LogP contribution in [0.3, 0.4) is 0 Å². The molecule has 0 saturated carbocycles. The van der Waals surface area contributed by atoms with Gasteiger partial charge in [-0.2, -0.15) is 4.31 Å². The van der Waals surface area contributed by atoms with Gasteiger partial charge in [0.15, 0.2) is 0 Å². The van der Waals surface area contributed by atoms with E-state index in [0.29, 0.717) is 13.1 Å². The molecule has 0 spiro atoms. The number of hydrogen-bond acceptors (Lipinski definition) is 4. The fourth-order valence-corrected chi connectivity index (χ4v) is 4.74. The number of methoxy groups -OCH3 is 1. The molecule has 0 saturated heterocycles. The molecule has 0 aliphatic rings. The fourth-order valence-electron chi connectivity index (χ4n) is 3.28. The molecule has 168 valence electrons. The minimum Gasteiger partial charge on any atom is -0.497 e. The van der Waals surface area contributed by atoms with Gasteiger partial charge in [0.05, 0.1) is 18.0 Å². The molecule has 0 aliphatic carbocycles. The van der Waals surface area contributed by atoms with Gasteiger partial charge in [-0.25, -0.2) is 8.42 Å². The molecule has 0 radical (unpaired) electrons. The molecule has 0 fully saturated rings. The third kappa shape index (κ3) is 6.42. The Kier molecular flexibility index (Phi) is 8.83. The molecule has 0 aromatic heterocycles. The van der Waals surface area contributed by atoms with Crippen LogP contribution in [0.5, 0.6) is 5.75 Å². The minimum atomic E-state index is -3.49. The van der Waals surface area contributed by atoms with Gasteiger partial charge in [-0.3, -0.25) is 4.79 Å².